The Morgan fingerprint density at radius 3 is 2.93 bits per heavy atom. The van der Waals surface area contributed by atoms with Crippen LogP contribution in [0.3, 0.4) is 0 Å². The van der Waals surface area contributed by atoms with Crippen LogP contribution in [0.5, 0.6) is 0 Å². The number of halogens is 1. The fourth-order valence-electron chi connectivity index (χ4n) is 2.10. The molecule has 10 nitrogen and oxygen atoms in total. The van der Waals surface area contributed by atoms with Crippen molar-refractivity contribution in [3.63, 3.8) is 0 Å². The molecule has 27 heavy (non-hydrogen) atoms. The van der Waals surface area contributed by atoms with Crippen molar-refractivity contribution >= 4 is 23.5 Å². The first-order valence-corrected chi connectivity index (χ1v) is 8.10. The number of aliphatic hydroxyl groups excluding tert-OH is 1. The van der Waals surface area contributed by atoms with Crippen LogP contribution in [-0.2, 0) is 4.84 Å². The van der Waals surface area contributed by atoms with Crippen molar-refractivity contribution in [3.05, 3.63) is 41.3 Å². The Balaban J connectivity index is 2.74. The van der Waals surface area contributed by atoms with Crippen molar-refractivity contribution in [2.45, 2.75) is 6.10 Å². The van der Waals surface area contributed by atoms with Crippen LogP contribution in [0.25, 0.3) is 0 Å². The van der Waals surface area contributed by atoms with Gasteiger partial charge >= 0.3 is 0 Å². The Labute approximate surface area is 156 Å². The molecular formula is C16H24FN7O3. The maximum absolute atomic E-state index is 14.4. The second-order valence-electron chi connectivity index (χ2n) is 5.36. The second-order valence-corrected chi connectivity index (χ2v) is 5.36. The van der Waals surface area contributed by atoms with E-state index in [0.717, 1.165) is 12.6 Å². The zero-order valence-corrected chi connectivity index (χ0v) is 14.9. The number of amidine groups is 1. The third-order valence-corrected chi connectivity index (χ3v) is 3.46. The summed E-state index contributed by atoms with van der Waals surface area (Å²) in [7, 11) is 1.77. The van der Waals surface area contributed by atoms with Gasteiger partial charge < -0.3 is 31.2 Å². The molecule has 0 aliphatic rings. The molecule has 0 amide bonds. The molecule has 1 rings (SSSR count). The first-order valence-electron chi connectivity index (χ1n) is 8.10. The topological polar surface area (TPSA) is 148 Å². The van der Waals surface area contributed by atoms with E-state index in [-0.39, 0.29) is 24.6 Å². The maximum atomic E-state index is 14.4. The summed E-state index contributed by atoms with van der Waals surface area (Å²) in [6, 6.07) is 4.48. The van der Waals surface area contributed by atoms with Crippen molar-refractivity contribution in [2.24, 2.45) is 16.1 Å². The molecule has 0 saturated carbocycles. The third kappa shape index (κ3) is 7.69. The van der Waals surface area contributed by atoms with E-state index >= 15 is 0 Å². The predicted molar refractivity (Wildman–Crippen MR) is 104 cm³/mol. The zero-order chi connectivity index (χ0) is 20.1. The number of likely N-dealkylation sites (N-methyl/N-ethyl adjacent to an activating group) is 1. The number of nitrogens with two attached hydrogens (primary N) is 1. The van der Waals surface area contributed by atoms with Gasteiger partial charge in [0, 0.05) is 24.9 Å². The van der Waals surface area contributed by atoms with Crippen molar-refractivity contribution < 1.29 is 14.3 Å². The lowest BCUT2D eigenvalue weighted by Crippen LogP contribution is -2.30. The highest BCUT2D eigenvalue weighted by Crippen LogP contribution is 2.22. The largest absolute Gasteiger partial charge is 0.515 e. The van der Waals surface area contributed by atoms with Gasteiger partial charge in [-0.25, -0.2) is 4.39 Å². The monoisotopic (exact) mass is 381 g/mol. The molecule has 1 aromatic carbocycles. The van der Waals surface area contributed by atoms with Crippen molar-refractivity contribution in [1.29, 1.82) is 5.41 Å². The van der Waals surface area contributed by atoms with Gasteiger partial charge in [0.15, 0.2) is 11.4 Å². The molecule has 0 aliphatic heterocycles. The van der Waals surface area contributed by atoms with E-state index in [0.29, 0.717) is 18.8 Å². The van der Waals surface area contributed by atoms with Gasteiger partial charge in [0.1, 0.15) is 11.7 Å². The van der Waals surface area contributed by atoms with Gasteiger partial charge in [-0.1, -0.05) is 0 Å². The minimum absolute atomic E-state index is 0.0150. The third-order valence-electron chi connectivity index (χ3n) is 3.46. The lowest BCUT2D eigenvalue weighted by atomic mass is 10.2. The van der Waals surface area contributed by atoms with Gasteiger partial charge in [0.25, 0.3) is 0 Å². The lowest BCUT2D eigenvalue weighted by Gasteiger charge is -2.20. The average Bonchev–Trinajstić information content (AvgIpc) is 2.66. The average molecular weight is 381 g/mol. The summed E-state index contributed by atoms with van der Waals surface area (Å²) >= 11 is 0. The van der Waals surface area contributed by atoms with Gasteiger partial charge in [-0.05, 0) is 25.2 Å². The predicted octanol–water partition coefficient (Wildman–Crippen LogP) is 1.37. The number of aliphatic hydroxyl groups is 1. The summed E-state index contributed by atoms with van der Waals surface area (Å²) in [5.74, 6) is -0.443. The van der Waals surface area contributed by atoms with Crippen molar-refractivity contribution in [2.75, 3.05) is 43.4 Å². The molecule has 1 atom stereocenters. The number of nitrogens with one attached hydrogen (secondary N) is 3. The molecule has 0 aliphatic carbocycles. The molecule has 0 aromatic heterocycles. The molecule has 148 valence electrons. The van der Waals surface area contributed by atoms with E-state index in [9.17, 15) is 9.30 Å². The summed E-state index contributed by atoms with van der Waals surface area (Å²) in [5, 5.41) is 24.3. The SMILES string of the molecule is CNCCN(C=N)c1ccc(NCC(CN=C(N)/C=C\O)ON=O)cc1F. The molecule has 0 radical (unpaired) electrons. The Morgan fingerprint density at radius 1 is 1.56 bits per heavy atom. The van der Waals surface area contributed by atoms with Crippen molar-refractivity contribution in [1.82, 2.24) is 5.32 Å². The minimum atomic E-state index is -0.732. The van der Waals surface area contributed by atoms with Gasteiger partial charge in [-0.15, -0.1) is 4.91 Å². The fraction of sp³-hybridized carbons (Fsp3) is 0.375. The lowest BCUT2D eigenvalue weighted by molar-refractivity contribution is 0.0707. The fourth-order valence-corrected chi connectivity index (χ4v) is 2.10. The first-order chi connectivity index (χ1) is 13.0. The number of benzene rings is 1. The summed E-state index contributed by atoms with van der Waals surface area (Å²) in [5.41, 5.74) is 6.23. The summed E-state index contributed by atoms with van der Waals surface area (Å²) in [6.45, 7) is 1.19. The van der Waals surface area contributed by atoms with E-state index < -0.39 is 11.9 Å². The Kier molecular flexibility index (Phi) is 9.86. The van der Waals surface area contributed by atoms with E-state index in [2.05, 4.69) is 25.8 Å². The molecule has 0 bridgehead atoms. The van der Waals surface area contributed by atoms with Crippen LogP contribution in [0.2, 0.25) is 0 Å². The highest BCUT2D eigenvalue weighted by molar-refractivity contribution is 5.91. The highest BCUT2D eigenvalue weighted by atomic mass is 19.1. The summed E-state index contributed by atoms with van der Waals surface area (Å²) in [6.07, 6.45) is 2.25. The smallest absolute Gasteiger partial charge is 0.167 e. The van der Waals surface area contributed by atoms with Gasteiger partial charge in [-0.2, -0.15) is 0 Å². The molecule has 0 saturated heterocycles. The number of anilines is 2. The van der Waals surface area contributed by atoms with Crippen LogP contribution >= 0.6 is 0 Å². The maximum Gasteiger partial charge on any atom is 0.167 e. The number of hydrogen-bond acceptors (Lipinski definition) is 8. The highest BCUT2D eigenvalue weighted by Gasteiger charge is 2.13. The second kappa shape index (κ2) is 12.2. The van der Waals surface area contributed by atoms with Crippen LogP contribution in [0.15, 0.2) is 40.9 Å². The van der Waals surface area contributed by atoms with Crippen LogP contribution in [-0.4, -0.2) is 56.6 Å². The molecule has 1 unspecified atom stereocenters. The van der Waals surface area contributed by atoms with E-state index in [1.807, 2.05) is 0 Å². The first kappa shape index (κ1) is 21.8. The van der Waals surface area contributed by atoms with Crippen LogP contribution in [0.1, 0.15) is 0 Å². The molecule has 6 N–H and O–H groups in total. The Morgan fingerprint density at radius 2 is 2.33 bits per heavy atom. The zero-order valence-electron chi connectivity index (χ0n) is 14.9. The number of aliphatic imine (C=N–C) groups is 1. The number of rotatable bonds is 13. The Hall–Kier alpha value is -3.21. The van der Waals surface area contributed by atoms with Crippen LogP contribution < -0.4 is 21.3 Å². The van der Waals surface area contributed by atoms with Gasteiger partial charge in [0.2, 0.25) is 0 Å². The number of nitrogens with zero attached hydrogens (tertiary/aromatic N) is 3. The molecule has 11 heteroatoms. The van der Waals surface area contributed by atoms with Crippen molar-refractivity contribution in [3.8, 4) is 0 Å². The summed E-state index contributed by atoms with van der Waals surface area (Å²) in [4.78, 5) is 20.4. The van der Waals surface area contributed by atoms with E-state index in [1.54, 1.807) is 19.2 Å². The Bertz CT molecular complexity index is 669. The van der Waals surface area contributed by atoms with E-state index in [4.69, 9.17) is 16.2 Å². The van der Waals surface area contributed by atoms with E-state index in [1.165, 1.54) is 17.0 Å². The normalized spacial score (nSPS) is 12.6. The standard InChI is InChI=1S/C16H24FN7O3/c1-20-5-6-24(11-18)15-3-2-12(8-14(15)17)21-9-13(27-23-26)10-22-16(19)4-7-25/h2-4,7-8,11,13,18,20-21,25H,5-6,9-10H2,1H3,(H2,19,22)/b7-4-,18-11?. The molecule has 0 fully saturated rings. The molecule has 0 heterocycles. The van der Waals surface area contributed by atoms with Gasteiger partial charge in [-0.3, -0.25) is 10.4 Å². The van der Waals surface area contributed by atoms with Gasteiger partial charge in [0.05, 0.1) is 31.4 Å². The quantitative estimate of drug-likeness (QED) is 0.114. The minimum Gasteiger partial charge on any atom is -0.515 e. The van der Waals surface area contributed by atoms with Crippen LogP contribution in [0.4, 0.5) is 15.8 Å². The van der Waals surface area contributed by atoms with Crippen LogP contribution in [0, 0.1) is 16.1 Å². The molecule has 0 spiro atoms. The number of hydrogen-bond donors (Lipinski definition) is 5. The summed E-state index contributed by atoms with van der Waals surface area (Å²) < 4.78 is 14.4. The molecule has 1 aromatic rings. The molecular weight excluding hydrogens is 357 g/mol.